The maximum Gasteiger partial charge on any atom is 0.227 e. The Morgan fingerprint density at radius 2 is 1.75 bits per heavy atom. The Morgan fingerprint density at radius 3 is 2.25 bits per heavy atom. The second-order valence-corrected chi connectivity index (χ2v) is 5.04. The van der Waals surface area contributed by atoms with Gasteiger partial charge in [0.1, 0.15) is 0 Å². The standard InChI is InChI=1S/C14H17F3N2O/c15-11-6-9(7-12(16)13(11)17)5-10(8-18)14(20)19-3-1-2-4-19/h6-7,10H,1-5,8,18H2. The van der Waals surface area contributed by atoms with Gasteiger partial charge in [-0.1, -0.05) is 0 Å². The number of hydrogen-bond acceptors (Lipinski definition) is 2. The summed E-state index contributed by atoms with van der Waals surface area (Å²) in [5.41, 5.74) is 5.83. The topological polar surface area (TPSA) is 46.3 Å². The van der Waals surface area contributed by atoms with E-state index in [4.69, 9.17) is 5.73 Å². The Labute approximate surface area is 115 Å². The van der Waals surface area contributed by atoms with Gasteiger partial charge in [0.25, 0.3) is 0 Å². The second kappa shape index (κ2) is 6.26. The third-order valence-electron chi connectivity index (χ3n) is 3.58. The van der Waals surface area contributed by atoms with E-state index in [1.807, 2.05) is 0 Å². The van der Waals surface area contributed by atoms with E-state index >= 15 is 0 Å². The zero-order valence-electron chi connectivity index (χ0n) is 11.0. The van der Waals surface area contributed by atoms with Crippen LogP contribution in [0.1, 0.15) is 18.4 Å². The maximum absolute atomic E-state index is 13.2. The number of likely N-dealkylation sites (tertiary alicyclic amines) is 1. The monoisotopic (exact) mass is 286 g/mol. The van der Waals surface area contributed by atoms with Gasteiger partial charge in [0.15, 0.2) is 17.5 Å². The van der Waals surface area contributed by atoms with Gasteiger partial charge >= 0.3 is 0 Å². The molecule has 1 aromatic rings. The van der Waals surface area contributed by atoms with Crippen LogP contribution in [-0.2, 0) is 11.2 Å². The molecule has 6 heteroatoms. The van der Waals surface area contributed by atoms with Crippen molar-refractivity contribution >= 4 is 5.91 Å². The number of nitrogens with zero attached hydrogens (tertiary/aromatic N) is 1. The normalized spacial score (nSPS) is 16.5. The number of amides is 1. The molecule has 0 spiro atoms. The van der Waals surface area contributed by atoms with Gasteiger partial charge in [-0.05, 0) is 37.0 Å². The Bertz CT molecular complexity index is 478. The molecule has 1 aromatic carbocycles. The maximum atomic E-state index is 13.2. The highest BCUT2D eigenvalue weighted by Gasteiger charge is 2.26. The fraction of sp³-hybridized carbons (Fsp3) is 0.500. The van der Waals surface area contributed by atoms with Crippen LogP contribution in [0.15, 0.2) is 12.1 Å². The van der Waals surface area contributed by atoms with E-state index in [2.05, 4.69) is 0 Å². The number of carbonyl (C=O) groups excluding carboxylic acids is 1. The van der Waals surface area contributed by atoms with Gasteiger partial charge in [0.2, 0.25) is 5.91 Å². The molecule has 2 N–H and O–H groups in total. The van der Waals surface area contributed by atoms with Crippen LogP contribution in [0.4, 0.5) is 13.2 Å². The Kier molecular flexibility index (Phi) is 4.65. The van der Waals surface area contributed by atoms with E-state index in [9.17, 15) is 18.0 Å². The number of carbonyl (C=O) groups is 1. The molecule has 1 unspecified atom stereocenters. The smallest absolute Gasteiger partial charge is 0.227 e. The van der Waals surface area contributed by atoms with Crippen molar-refractivity contribution in [3.63, 3.8) is 0 Å². The van der Waals surface area contributed by atoms with Crippen LogP contribution >= 0.6 is 0 Å². The van der Waals surface area contributed by atoms with Crippen molar-refractivity contribution in [2.75, 3.05) is 19.6 Å². The van der Waals surface area contributed by atoms with Crippen LogP contribution in [0.25, 0.3) is 0 Å². The third-order valence-corrected chi connectivity index (χ3v) is 3.58. The minimum absolute atomic E-state index is 0.0932. The van der Waals surface area contributed by atoms with Crippen LogP contribution in [-0.4, -0.2) is 30.4 Å². The highest BCUT2D eigenvalue weighted by Crippen LogP contribution is 2.19. The third kappa shape index (κ3) is 3.12. The van der Waals surface area contributed by atoms with Gasteiger partial charge in [-0.15, -0.1) is 0 Å². The molecule has 1 fully saturated rings. The summed E-state index contributed by atoms with van der Waals surface area (Å²) in [7, 11) is 0. The summed E-state index contributed by atoms with van der Waals surface area (Å²) < 4.78 is 39.2. The zero-order valence-corrected chi connectivity index (χ0v) is 11.0. The summed E-state index contributed by atoms with van der Waals surface area (Å²) >= 11 is 0. The summed E-state index contributed by atoms with van der Waals surface area (Å²) in [4.78, 5) is 13.9. The van der Waals surface area contributed by atoms with Crippen LogP contribution in [0.5, 0.6) is 0 Å². The van der Waals surface area contributed by atoms with E-state index in [0.29, 0.717) is 13.1 Å². The second-order valence-electron chi connectivity index (χ2n) is 5.04. The number of rotatable bonds is 4. The SMILES string of the molecule is NCC(Cc1cc(F)c(F)c(F)c1)C(=O)N1CCCC1. The average Bonchev–Trinajstić information content (AvgIpc) is 2.95. The van der Waals surface area contributed by atoms with E-state index in [1.54, 1.807) is 4.90 Å². The Morgan fingerprint density at radius 1 is 1.20 bits per heavy atom. The van der Waals surface area contributed by atoms with Gasteiger partial charge in [-0.3, -0.25) is 4.79 Å². The first kappa shape index (κ1) is 14.8. The van der Waals surface area contributed by atoms with Crippen molar-refractivity contribution in [3.05, 3.63) is 35.1 Å². The Balaban J connectivity index is 2.11. The molecule has 0 aromatic heterocycles. The summed E-state index contributed by atoms with van der Waals surface area (Å²) in [6.45, 7) is 1.49. The molecular weight excluding hydrogens is 269 g/mol. The fourth-order valence-corrected chi connectivity index (χ4v) is 2.48. The summed E-state index contributed by atoms with van der Waals surface area (Å²) in [6, 6.07) is 1.83. The minimum Gasteiger partial charge on any atom is -0.342 e. The molecule has 20 heavy (non-hydrogen) atoms. The fourth-order valence-electron chi connectivity index (χ4n) is 2.48. The summed E-state index contributed by atoms with van der Waals surface area (Å²) in [5, 5.41) is 0. The Hall–Kier alpha value is -1.56. The molecule has 1 atom stereocenters. The van der Waals surface area contributed by atoms with E-state index in [1.165, 1.54) is 0 Å². The quantitative estimate of drug-likeness (QED) is 0.859. The number of halogens is 3. The van der Waals surface area contributed by atoms with Crippen molar-refractivity contribution in [2.45, 2.75) is 19.3 Å². The lowest BCUT2D eigenvalue weighted by Crippen LogP contribution is -2.38. The molecule has 110 valence electrons. The van der Waals surface area contributed by atoms with E-state index in [-0.39, 0.29) is 24.4 Å². The zero-order chi connectivity index (χ0) is 14.7. The highest BCUT2D eigenvalue weighted by molar-refractivity contribution is 5.79. The molecule has 0 radical (unpaired) electrons. The number of benzene rings is 1. The van der Waals surface area contributed by atoms with E-state index in [0.717, 1.165) is 25.0 Å². The minimum atomic E-state index is -1.50. The first-order valence-corrected chi connectivity index (χ1v) is 6.65. The first-order chi connectivity index (χ1) is 9.52. The molecular formula is C14H17F3N2O. The molecule has 0 saturated carbocycles. The predicted octanol–water partition coefficient (Wildman–Crippen LogP) is 1.84. The number of nitrogens with two attached hydrogens (primary N) is 1. The van der Waals surface area contributed by atoms with Crippen LogP contribution < -0.4 is 5.73 Å². The van der Waals surface area contributed by atoms with Crippen molar-refractivity contribution in [1.82, 2.24) is 4.90 Å². The molecule has 3 nitrogen and oxygen atoms in total. The lowest BCUT2D eigenvalue weighted by Gasteiger charge is -2.22. The molecule has 1 aliphatic heterocycles. The van der Waals surface area contributed by atoms with Gasteiger partial charge in [0.05, 0.1) is 5.92 Å². The van der Waals surface area contributed by atoms with Crippen molar-refractivity contribution in [1.29, 1.82) is 0 Å². The van der Waals surface area contributed by atoms with Gasteiger partial charge < -0.3 is 10.6 Å². The molecule has 1 saturated heterocycles. The van der Waals surface area contributed by atoms with Crippen molar-refractivity contribution < 1.29 is 18.0 Å². The largest absolute Gasteiger partial charge is 0.342 e. The number of hydrogen-bond donors (Lipinski definition) is 1. The van der Waals surface area contributed by atoms with Gasteiger partial charge in [-0.2, -0.15) is 0 Å². The van der Waals surface area contributed by atoms with Crippen LogP contribution in [0, 0.1) is 23.4 Å². The van der Waals surface area contributed by atoms with Crippen molar-refractivity contribution in [3.8, 4) is 0 Å². The van der Waals surface area contributed by atoms with Crippen LogP contribution in [0.2, 0.25) is 0 Å². The van der Waals surface area contributed by atoms with Crippen LogP contribution in [0.3, 0.4) is 0 Å². The first-order valence-electron chi connectivity index (χ1n) is 6.65. The molecule has 0 bridgehead atoms. The molecule has 2 rings (SSSR count). The molecule has 1 aliphatic rings. The molecule has 1 heterocycles. The lowest BCUT2D eigenvalue weighted by atomic mass is 9.97. The van der Waals surface area contributed by atoms with E-state index < -0.39 is 23.4 Å². The molecule has 0 aliphatic carbocycles. The highest BCUT2D eigenvalue weighted by atomic mass is 19.2. The average molecular weight is 286 g/mol. The summed E-state index contributed by atoms with van der Waals surface area (Å²) in [6.07, 6.45) is 2.03. The van der Waals surface area contributed by atoms with Gasteiger partial charge in [-0.25, -0.2) is 13.2 Å². The predicted molar refractivity (Wildman–Crippen MR) is 68.4 cm³/mol. The molecule has 1 amide bonds. The lowest BCUT2D eigenvalue weighted by molar-refractivity contribution is -0.134. The summed E-state index contributed by atoms with van der Waals surface area (Å²) in [5.74, 6) is -4.62. The van der Waals surface area contributed by atoms with Gasteiger partial charge in [0, 0.05) is 19.6 Å². The van der Waals surface area contributed by atoms with Crippen molar-refractivity contribution in [2.24, 2.45) is 11.7 Å².